The van der Waals surface area contributed by atoms with E-state index < -0.39 is 0 Å². The van der Waals surface area contributed by atoms with Gasteiger partial charge in [-0.1, -0.05) is 51.1 Å². The van der Waals surface area contributed by atoms with Gasteiger partial charge in [-0.2, -0.15) is 0 Å². The van der Waals surface area contributed by atoms with Crippen LogP contribution in [0.4, 0.5) is 5.00 Å². The van der Waals surface area contributed by atoms with Crippen LogP contribution in [0.25, 0.3) is 11.1 Å². The lowest BCUT2D eigenvalue weighted by Gasteiger charge is -2.10. The first-order valence-corrected chi connectivity index (χ1v) is 7.99. The molecule has 0 bridgehead atoms. The van der Waals surface area contributed by atoms with Crippen molar-refractivity contribution in [3.05, 3.63) is 40.8 Å². The molecule has 0 aliphatic carbocycles. The van der Waals surface area contributed by atoms with Gasteiger partial charge in [0.1, 0.15) is 10.6 Å². The standard InChI is InChI=1S/C17H21NO2S/c1-4-13-14(12-8-6-5-7-9-12)15(16(18)21-13)17(19)20-10-11(2)3/h5-9,11H,4,10,18H2,1-3H3. The Morgan fingerprint density at radius 3 is 2.52 bits per heavy atom. The molecule has 2 aromatic rings. The van der Waals surface area contributed by atoms with Crippen molar-refractivity contribution in [3.8, 4) is 11.1 Å². The molecule has 0 saturated heterocycles. The van der Waals surface area contributed by atoms with Crippen LogP contribution in [-0.4, -0.2) is 12.6 Å². The van der Waals surface area contributed by atoms with E-state index in [1.54, 1.807) is 0 Å². The molecule has 0 atom stereocenters. The molecule has 1 heterocycles. The largest absolute Gasteiger partial charge is 0.462 e. The predicted octanol–water partition coefficient (Wildman–Crippen LogP) is 4.37. The van der Waals surface area contributed by atoms with Crippen molar-refractivity contribution in [2.75, 3.05) is 12.3 Å². The maximum absolute atomic E-state index is 12.4. The molecule has 2 N–H and O–H groups in total. The summed E-state index contributed by atoms with van der Waals surface area (Å²) in [7, 11) is 0. The summed E-state index contributed by atoms with van der Waals surface area (Å²) < 4.78 is 5.38. The number of hydrogen-bond donors (Lipinski definition) is 1. The molecule has 2 rings (SSSR count). The third kappa shape index (κ3) is 3.45. The number of ether oxygens (including phenoxy) is 1. The summed E-state index contributed by atoms with van der Waals surface area (Å²) in [5, 5.41) is 0.541. The Labute approximate surface area is 129 Å². The number of thiophene rings is 1. The van der Waals surface area contributed by atoms with Crippen molar-refractivity contribution in [1.29, 1.82) is 0 Å². The van der Waals surface area contributed by atoms with Gasteiger partial charge in [0, 0.05) is 10.4 Å². The van der Waals surface area contributed by atoms with E-state index in [-0.39, 0.29) is 5.97 Å². The molecule has 0 amide bonds. The van der Waals surface area contributed by atoms with Crippen LogP contribution < -0.4 is 5.73 Å². The lowest BCUT2D eigenvalue weighted by atomic mass is 10.0. The number of carbonyl (C=O) groups excluding carboxylic acids is 1. The zero-order chi connectivity index (χ0) is 15.4. The molecule has 0 saturated carbocycles. The van der Waals surface area contributed by atoms with Gasteiger partial charge in [-0.05, 0) is 17.9 Å². The molecule has 0 fully saturated rings. The first-order valence-electron chi connectivity index (χ1n) is 7.18. The van der Waals surface area contributed by atoms with E-state index in [9.17, 15) is 4.79 Å². The van der Waals surface area contributed by atoms with Crippen molar-refractivity contribution < 1.29 is 9.53 Å². The number of rotatable bonds is 5. The van der Waals surface area contributed by atoms with E-state index in [2.05, 4.69) is 6.92 Å². The van der Waals surface area contributed by atoms with Crippen LogP contribution in [0.1, 0.15) is 36.0 Å². The van der Waals surface area contributed by atoms with Crippen molar-refractivity contribution in [3.63, 3.8) is 0 Å². The van der Waals surface area contributed by atoms with Crippen LogP contribution in [0, 0.1) is 5.92 Å². The Morgan fingerprint density at radius 2 is 1.95 bits per heavy atom. The van der Waals surface area contributed by atoms with Gasteiger partial charge in [0.05, 0.1) is 6.61 Å². The fourth-order valence-electron chi connectivity index (χ4n) is 2.17. The molecule has 112 valence electrons. The molecule has 0 radical (unpaired) electrons. The predicted molar refractivity (Wildman–Crippen MR) is 88.7 cm³/mol. The molecule has 1 aromatic heterocycles. The summed E-state index contributed by atoms with van der Waals surface area (Å²) >= 11 is 1.48. The number of anilines is 1. The third-order valence-electron chi connectivity index (χ3n) is 3.14. The normalized spacial score (nSPS) is 10.9. The second kappa shape index (κ2) is 6.76. The summed E-state index contributed by atoms with van der Waals surface area (Å²) in [5.41, 5.74) is 8.54. The van der Waals surface area contributed by atoms with Crippen molar-refractivity contribution in [2.45, 2.75) is 27.2 Å². The molecule has 4 heteroatoms. The van der Waals surface area contributed by atoms with Gasteiger partial charge in [-0.25, -0.2) is 4.79 Å². The average Bonchev–Trinajstić information content (AvgIpc) is 2.82. The molecular formula is C17H21NO2S. The van der Waals surface area contributed by atoms with Gasteiger partial charge in [0.2, 0.25) is 0 Å². The molecule has 0 aliphatic heterocycles. The van der Waals surface area contributed by atoms with Crippen LogP contribution in [0.3, 0.4) is 0 Å². The van der Waals surface area contributed by atoms with Crippen LogP contribution in [0.15, 0.2) is 30.3 Å². The highest BCUT2D eigenvalue weighted by atomic mass is 32.1. The van der Waals surface area contributed by atoms with Gasteiger partial charge in [0.25, 0.3) is 0 Å². The third-order valence-corrected chi connectivity index (χ3v) is 4.31. The number of hydrogen-bond acceptors (Lipinski definition) is 4. The average molecular weight is 303 g/mol. The zero-order valence-electron chi connectivity index (χ0n) is 12.7. The summed E-state index contributed by atoms with van der Waals surface area (Å²) in [6.45, 7) is 6.50. The molecule has 1 aromatic carbocycles. The highest BCUT2D eigenvalue weighted by Crippen LogP contribution is 2.39. The van der Waals surface area contributed by atoms with Crippen LogP contribution in [-0.2, 0) is 11.2 Å². The number of esters is 1. The van der Waals surface area contributed by atoms with Crippen molar-refractivity contribution in [2.24, 2.45) is 5.92 Å². The smallest absolute Gasteiger partial charge is 0.341 e. The topological polar surface area (TPSA) is 52.3 Å². The van der Waals surface area contributed by atoms with E-state index in [1.165, 1.54) is 11.3 Å². The summed E-state index contributed by atoms with van der Waals surface area (Å²) in [4.78, 5) is 13.5. The minimum atomic E-state index is -0.323. The molecule has 21 heavy (non-hydrogen) atoms. The van der Waals surface area contributed by atoms with Gasteiger partial charge >= 0.3 is 5.97 Å². The number of nitrogen functional groups attached to an aromatic ring is 1. The lowest BCUT2D eigenvalue weighted by Crippen LogP contribution is -2.12. The molecule has 3 nitrogen and oxygen atoms in total. The monoisotopic (exact) mass is 303 g/mol. The number of benzene rings is 1. The molecular weight excluding hydrogens is 282 g/mol. The Kier molecular flexibility index (Phi) is 5.02. The van der Waals surface area contributed by atoms with Crippen molar-refractivity contribution >= 4 is 22.3 Å². The van der Waals surface area contributed by atoms with E-state index in [4.69, 9.17) is 10.5 Å². The highest BCUT2D eigenvalue weighted by Gasteiger charge is 2.24. The summed E-state index contributed by atoms with van der Waals surface area (Å²) in [6, 6.07) is 9.89. The lowest BCUT2D eigenvalue weighted by molar-refractivity contribution is 0.0461. The highest BCUT2D eigenvalue weighted by molar-refractivity contribution is 7.17. The van der Waals surface area contributed by atoms with Crippen LogP contribution in [0.2, 0.25) is 0 Å². The SMILES string of the molecule is CCc1sc(N)c(C(=O)OCC(C)C)c1-c1ccccc1. The van der Waals surface area contributed by atoms with Crippen LogP contribution in [0.5, 0.6) is 0 Å². The Balaban J connectivity index is 2.45. The van der Waals surface area contributed by atoms with Gasteiger partial charge in [0.15, 0.2) is 0 Å². The Hall–Kier alpha value is -1.81. The number of carbonyl (C=O) groups is 1. The maximum Gasteiger partial charge on any atom is 0.341 e. The molecule has 0 spiro atoms. The number of nitrogens with two attached hydrogens (primary N) is 1. The first kappa shape index (κ1) is 15.6. The second-order valence-corrected chi connectivity index (χ2v) is 6.49. The first-order chi connectivity index (χ1) is 10.0. The maximum atomic E-state index is 12.4. The molecule has 0 aliphatic rings. The zero-order valence-corrected chi connectivity index (χ0v) is 13.5. The summed E-state index contributed by atoms with van der Waals surface area (Å²) in [5.74, 6) is -0.0179. The summed E-state index contributed by atoms with van der Waals surface area (Å²) in [6.07, 6.45) is 0.844. The Bertz CT molecular complexity index is 617. The minimum absolute atomic E-state index is 0.305. The van der Waals surface area contributed by atoms with Crippen molar-refractivity contribution in [1.82, 2.24) is 0 Å². The van der Waals surface area contributed by atoms with Gasteiger partial charge < -0.3 is 10.5 Å². The van der Waals surface area contributed by atoms with Gasteiger partial charge in [-0.15, -0.1) is 11.3 Å². The van der Waals surface area contributed by atoms with E-state index >= 15 is 0 Å². The van der Waals surface area contributed by atoms with E-state index in [0.29, 0.717) is 23.1 Å². The van der Waals surface area contributed by atoms with E-state index in [1.807, 2.05) is 44.2 Å². The quantitative estimate of drug-likeness (QED) is 0.834. The van der Waals surface area contributed by atoms with Crippen LogP contribution >= 0.6 is 11.3 Å². The second-order valence-electron chi connectivity index (χ2n) is 5.35. The fraction of sp³-hybridized carbons (Fsp3) is 0.353. The fourth-order valence-corrected chi connectivity index (χ4v) is 3.19. The minimum Gasteiger partial charge on any atom is -0.462 e. The van der Waals surface area contributed by atoms with E-state index in [0.717, 1.165) is 22.4 Å². The Morgan fingerprint density at radius 1 is 1.29 bits per heavy atom. The number of aryl methyl sites for hydroxylation is 1. The van der Waals surface area contributed by atoms with Gasteiger partial charge in [-0.3, -0.25) is 0 Å². The molecule has 0 unspecified atom stereocenters.